The fourth-order valence-electron chi connectivity index (χ4n) is 2.40. The molecule has 120 valence electrons. The zero-order valence-electron chi connectivity index (χ0n) is 12.1. The fraction of sp³-hybridized carbons (Fsp3) is 0.462. The number of ether oxygens (including phenoxy) is 1. The number of rotatable bonds is 5. The predicted molar refractivity (Wildman–Crippen MR) is 84.5 cm³/mol. The van der Waals surface area contributed by atoms with E-state index in [1.165, 1.54) is 16.7 Å². The van der Waals surface area contributed by atoms with Gasteiger partial charge in [0.15, 0.2) is 0 Å². The Kier molecular flexibility index (Phi) is 4.54. The molecule has 1 aromatic heterocycles. The number of carbonyl (C=O) groups excluding carboxylic acids is 2. The molecule has 23 heavy (non-hydrogen) atoms. The van der Waals surface area contributed by atoms with Crippen molar-refractivity contribution in [2.45, 2.75) is 23.8 Å². The number of azide groups is 1. The monoisotopic (exact) mass is 334 g/mol. The maximum Gasteiger partial charge on any atom is 0.415 e. The van der Waals surface area contributed by atoms with Crippen LogP contribution in [0.25, 0.3) is 10.4 Å². The molecule has 3 rings (SSSR count). The van der Waals surface area contributed by atoms with Crippen molar-refractivity contribution >= 4 is 35.4 Å². The zero-order valence-corrected chi connectivity index (χ0v) is 13.0. The Balaban J connectivity index is 1.67. The van der Waals surface area contributed by atoms with Crippen molar-refractivity contribution in [3.63, 3.8) is 0 Å². The summed E-state index contributed by atoms with van der Waals surface area (Å²) >= 11 is 1.42. The van der Waals surface area contributed by atoms with Gasteiger partial charge in [0.05, 0.1) is 17.2 Å². The molecule has 0 radical (unpaired) electrons. The predicted octanol–water partition coefficient (Wildman–Crippen LogP) is 2.54. The number of hydrogen-bond acceptors (Lipinski definition) is 6. The van der Waals surface area contributed by atoms with E-state index in [4.69, 9.17) is 10.3 Å². The number of cyclic esters (lactones) is 1. The zero-order chi connectivity index (χ0) is 16.2. The molecule has 0 saturated carbocycles. The molecular formula is C13H14N6O3S. The lowest BCUT2D eigenvalue weighted by Gasteiger charge is -2.18. The van der Waals surface area contributed by atoms with Gasteiger partial charge >= 0.3 is 6.09 Å². The lowest BCUT2D eigenvalue weighted by Crippen LogP contribution is -2.27. The summed E-state index contributed by atoms with van der Waals surface area (Å²) in [6.07, 6.45) is 0.568. The Bertz CT molecular complexity index is 690. The summed E-state index contributed by atoms with van der Waals surface area (Å²) in [5.41, 5.74) is 8.23. The first-order chi connectivity index (χ1) is 11.2. The summed E-state index contributed by atoms with van der Waals surface area (Å²) in [5.74, 6) is 1.19. The van der Waals surface area contributed by atoms with Gasteiger partial charge < -0.3 is 10.1 Å². The number of nitrogens with zero attached hydrogens (tertiary/aromatic N) is 5. The highest BCUT2D eigenvalue weighted by molar-refractivity contribution is 8.00. The van der Waals surface area contributed by atoms with Crippen LogP contribution >= 0.6 is 11.8 Å². The van der Waals surface area contributed by atoms with Gasteiger partial charge in [0.25, 0.3) is 0 Å². The number of nitrogens with one attached hydrogen (secondary N) is 1. The van der Waals surface area contributed by atoms with Crippen LogP contribution in [0.15, 0.2) is 22.1 Å². The van der Waals surface area contributed by atoms with E-state index in [0.29, 0.717) is 43.3 Å². The molecule has 2 aliphatic rings. The summed E-state index contributed by atoms with van der Waals surface area (Å²) in [6, 6.07) is 3.58. The number of fused-ring (bicyclic) bond motifs is 1. The van der Waals surface area contributed by atoms with Crippen LogP contribution in [0.4, 0.5) is 16.4 Å². The number of thioether (sulfide) groups is 1. The first-order valence-corrected chi connectivity index (χ1v) is 8.08. The van der Waals surface area contributed by atoms with Gasteiger partial charge in [-0.2, -0.15) is 0 Å². The van der Waals surface area contributed by atoms with E-state index >= 15 is 0 Å². The van der Waals surface area contributed by atoms with Gasteiger partial charge in [-0.1, -0.05) is 5.11 Å². The number of hydrogen-bond donors (Lipinski definition) is 1. The molecule has 0 aliphatic carbocycles. The molecule has 0 spiro atoms. The van der Waals surface area contributed by atoms with E-state index in [1.807, 2.05) is 6.07 Å². The van der Waals surface area contributed by atoms with Crippen LogP contribution in [0.1, 0.15) is 12.8 Å². The summed E-state index contributed by atoms with van der Waals surface area (Å²) < 4.78 is 5.29. The second-order valence-electron chi connectivity index (χ2n) is 5.07. The quantitative estimate of drug-likeness (QED) is 0.384. The molecule has 1 N–H and O–H groups in total. The average molecular weight is 334 g/mol. The Morgan fingerprint density at radius 1 is 1.52 bits per heavy atom. The number of aromatic nitrogens is 1. The summed E-state index contributed by atoms with van der Waals surface area (Å²) in [7, 11) is 0. The normalized spacial score (nSPS) is 19.7. The van der Waals surface area contributed by atoms with Gasteiger partial charge in [-0.25, -0.2) is 9.78 Å². The van der Waals surface area contributed by atoms with Gasteiger partial charge in [0.2, 0.25) is 5.91 Å². The van der Waals surface area contributed by atoms with Crippen LogP contribution in [-0.4, -0.2) is 41.9 Å². The average Bonchev–Trinajstić information content (AvgIpc) is 2.91. The van der Waals surface area contributed by atoms with Crippen molar-refractivity contribution in [1.82, 2.24) is 4.98 Å². The van der Waals surface area contributed by atoms with Gasteiger partial charge in [-0.3, -0.25) is 9.69 Å². The fourth-order valence-corrected chi connectivity index (χ4v) is 3.15. The van der Waals surface area contributed by atoms with Crippen molar-refractivity contribution in [2.75, 3.05) is 29.1 Å². The van der Waals surface area contributed by atoms with Crippen LogP contribution in [0, 0.1) is 0 Å². The van der Waals surface area contributed by atoms with E-state index in [0.717, 1.165) is 4.90 Å². The van der Waals surface area contributed by atoms with Gasteiger partial charge in [-0.15, -0.1) is 11.8 Å². The number of anilines is 2. The van der Waals surface area contributed by atoms with Gasteiger partial charge in [0.1, 0.15) is 17.7 Å². The van der Waals surface area contributed by atoms with Crippen molar-refractivity contribution in [3.05, 3.63) is 22.6 Å². The van der Waals surface area contributed by atoms with Crippen LogP contribution < -0.4 is 10.2 Å². The van der Waals surface area contributed by atoms with Crippen molar-refractivity contribution in [2.24, 2.45) is 5.11 Å². The van der Waals surface area contributed by atoms with E-state index in [2.05, 4.69) is 20.3 Å². The maximum atomic E-state index is 12.0. The minimum atomic E-state index is -0.457. The molecule has 3 heterocycles. The number of pyridine rings is 1. The number of amides is 2. The topological polar surface area (TPSA) is 120 Å². The third kappa shape index (κ3) is 3.49. The highest BCUT2D eigenvalue weighted by atomic mass is 32.2. The van der Waals surface area contributed by atoms with E-state index in [1.54, 1.807) is 6.07 Å². The maximum absolute atomic E-state index is 12.0. The highest BCUT2D eigenvalue weighted by Gasteiger charge is 2.33. The van der Waals surface area contributed by atoms with Crippen LogP contribution in [0.3, 0.4) is 0 Å². The second kappa shape index (κ2) is 6.76. The van der Waals surface area contributed by atoms with E-state index < -0.39 is 6.09 Å². The molecule has 1 saturated heterocycles. The van der Waals surface area contributed by atoms with Crippen LogP contribution in [-0.2, 0) is 9.53 Å². The van der Waals surface area contributed by atoms with Gasteiger partial charge in [0, 0.05) is 11.5 Å². The van der Waals surface area contributed by atoms with E-state index in [9.17, 15) is 9.59 Å². The van der Waals surface area contributed by atoms with Gasteiger partial charge in [-0.05, 0) is 30.5 Å². The molecule has 1 fully saturated rings. The summed E-state index contributed by atoms with van der Waals surface area (Å²) in [5, 5.41) is 6.16. The minimum Gasteiger partial charge on any atom is -0.444 e. The second-order valence-corrected chi connectivity index (χ2v) is 6.08. The lowest BCUT2D eigenvalue weighted by molar-refractivity contribution is -0.113. The molecular weight excluding hydrogens is 320 g/mol. The molecule has 0 aromatic carbocycles. The summed E-state index contributed by atoms with van der Waals surface area (Å²) in [4.78, 5) is 32.8. The Morgan fingerprint density at radius 2 is 2.39 bits per heavy atom. The molecule has 10 heteroatoms. The van der Waals surface area contributed by atoms with Crippen molar-refractivity contribution < 1.29 is 14.3 Å². The van der Waals surface area contributed by atoms with Crippen molar-refractivity contribution in [1.29, 1.82) is 0 Å². The molecule has 1 atom stereocenters. The molecule has 1 aromatic rings. The smallest absolute Gasteiger partial charge is 0.415 e. The largest absolute Gasteiger partial charge is 0.444 e. The standard InChI is InChI=1S/C13H14N6O3S/c14-18-15-5-1-2-8-6-19(13(21)22-8)10-4-3-9-12(16-10)17-11(20)7-23-9/h3-4,8H,1-2,5-7H2,(H,16,17,20)/t8-/m0/s1. The molecule has 9 nitrogen and oxygen atoms in total. The minimum absolute atomic E-state index is 0.105. The Labute approximate surface area is 136 Å². The molecule has 2 aliphatic heterocycles. The third-order valence-electron chi connectivity index (χ3n) is 3.46. The Hall–Kier alpha value is -2.45. The van der Waals surface area contributed by atoms with Crippen LogP contribution in [0.5, 0.6) is 0 Å². The molecule has 2 amide bonds. The van der Waals surface area contributed by atoms with E-state index in [-0.39, 0.29) is 12.0 Å². The lowest BCUT2D eigenvalue weighted by atomic mass is 10.2. The van der Waals surface area contributed by atoms with Crippen LogP contribution in [0.2, 0.25) is 0 Å². The first kappa shape index (κ1) is 15.4. The first-order valence-electron chi connectivity index (χ1n) is 7.10. The SMILES string of the molecule is [N-]=[N+]=NCCC[C@H]1CN(c2ccc3c(n2)NC(=O)CS3)C(=O)O1. The highest BCUT2D eigenvalue weighted by Crippen LogP contribution is 2.32. The number of carbonyl (C=O) groups is 2. The summed E-state index contributed by atoms with van der Waals surface area (Å²) in [6.45, 7) is 0.771. The third-order valence-corrected chi connectivity index (χ3v) is 4.51. The molecule has 0 unspecified atom stereocenters. The Morgan fingerprint density at radius 3 is 3.22 bits per heavy atom. The van der Waals surface area contributed by atoms with Crippen molar-refractivity contribution in [3.8, 4) is 0 Å². The molecule has 0 bridgehead atoms.